The van der Waals surface area contributed by atoms with Crippen molar-refractivity contribution in [2.24, 2.45) is 0 Å². The van der Waals surface area contributed by atoms with E-state index in [0.29, 0.717) is 33.3 Å². The van der Waals surface area contributed by atoms with Crippen LogP contribution in [0.15, 0.2) is 118 Å². The van der Waals surface area contributed by atoms with E-state index in [1.807, 2.05) is 77.7 Å². The van der Waals surface area contributed by atoms with Crippen molar-refractivity contribution in [3.63, 3.8) is 0 Å². The molecule has 9 aromatic rings. The number of furan rings is 2. The maximum absolute atomic E-state index is 6.95. The minimum Gasteiger partial charge on any atom is -0.455 e. The van der Waals surface area contributed by atoms with E-state index in [2.05, 4.69) is 36.4 Å². The third-order valence-electron chi connectivity index (χ3n) is 9.68. The molecule has 10 heteroatoms. The molecule has 0 spiro atoms. The second kappa shape index (κ2) is 11.3. The van der Waals surface area contributed by atoms with Gasteiger partial charge < -0.3 is 13.7 Å². The molecule has 7 aromatic carbocycles. The maximum Gasteiger partial charge on any atom is 0.159 e. The van der Waals surface area contributed by atoms with Gasteiger partial charge >= 0.3 is 0 Å². The highest BCUT2D eigenvalue weighted by molar-refractivity contribution is 6.69. The van der Waals surface area contributed by atoms with Gasteiger partial charge in [-0.25, -0.2) is 0 Å². The molecule has 0 bridgehead atoms. The fraction of sp³-hybridized carbons (Fsp3) is 0. The number of fused-ring (bicyclic) bond motifs is 8. The van der Waals surface area contributed by atoms with Gasteiger partial charge in [0.25, 0.3) is 0 Å². The zero-order valence-corrected chi connectivity index (χ0v) is 26.7. The van der Waals surface area contributed by atoms with Crippen LogP contribution in [0, 0.1) is 0 Å². The highest BCUT2D eigenvalue weighted by Crippen LogP contribution is 2.45. The fourth-order valence-corrected chi connectivity index (χ4v) is 7.11. The summed E-state index contributed by atoms with van der Waals surface area (Å²) in [6, 6.07) is 36.6. The number of rotatable bonds is 4. The first-order valence-corrected chi connectivity index (χ1v) is 16.0. The molecule has 14 radical (unpaired) electrons. The molecule has 0 saturated heterocycles. The fourth-order valence-electron chi connectivity index (χ4n) is 7.11. The van der Waals surface area contributed by atoms with Crippen molar-refractivity contribution in [3.8, 4) is 11.1 Å². The van der Waals surface area contributed by atoms with Crippen molar-refractivity contribution < 1.29 is 8.83 Å². The van der Waals surface area contributed by atoms with Crippen molar-refractivity contribution in [2.75, 3.05) is 4.90 Å². The van der Waals surface area contributed by atoms with Gasteiger partial charge in [0.1, 0.15) is 66.1 Å². The Bertz CT molecular complexity index is 2840. The predicted octanol–water partition coefficient (Wildman–Crippen LogP) is 3.33. The van der Waals surface area contributed by atoms with Crippen LogP contribution in [0.2, 0.25) is 0 Å². The van der Waals surface area contributed by atoms with Crippen LogP contribution in [0.25, 0.3) is 65.8 Å². The average molecular weight is 620 g/mol. The summed E-state index contributed by atoms with van der Waals surface area (Å²) < 4.78 is 13.4. The summed E-state index contributed by atoms with van der Waals surface area (Å²) in [5.41, 5.74) is 7.00. The van der Waals surface area contributed by atoms with Crippen molar-refractivity contribution in [1.29, 1.82) is 0 Å². The standard InChI is InChI=1S/C40H18B7NO2/c41-29-27-28-30(42)32(44)34(46)36(40(28)50-39(27)35(47)33(45)31(29)43)48(22-16-13-20(14-17-22)19-7-2-1-3-8-19)26-12-6-11-24-25-18-15-21-9-4-5-10-23(21)37(25)49-38(24)26/h1-18H. The van der Waals surface area contributed by atoms with Crippen LogP contribution in [0.5, 0.6) is 0 Å². The second-order valence-corrected chi connectivity index (χ2v) is 12.4. The molecular weight excluding hydrogens is 602 g/mol. The van der Waals surface area contributed by atoms with E-state index in [0.717, 1.165) is 43.9 Å². The Morgan fingerprint density at radius 3 is 1.72 bits per heavy atom. The van der Waals surface area contributed by atoms with Crippen molar-refractivity contribution in [3.05, 3.63) is 109 Å². The normalized spacial score (nSPS) is 11.8. The lowest BCUT2D eigenvalue weighted by Gasteiger charge is -2.29. The van der Waals surface area contributed by atoms with E-state index in [1.165, 1.54) is 0 Å². The zero-order valence-electron chi connectivity index (χ0n) is 26.7. The van der Waals surface area contributed by atoms with Gasteiger partial charge in [-0.15, -0.1) is 16.4 Å². The van der Waals surface area contributed by atoms with Gasteiger partial charge in [-0.2, -0.15) is 0 Å². The first-order chi connectivity index (χ1) is 24.2. The summed E-state index contributed by atoms with van der Waals surface area (Å²) in [6.07, 6.45) is 0. The molecule has 50 heavy (non-hydrogen) atoms. The summed E-state index contributed by atoms with van der Waals surface area (Å²) in [7, 11) is 46.0. The van der Waals surface area contributed by atoms with Crippen LogP contribution >= 0.6 is 0 Å². The Kier molecular flexibility index (Phi) is 6.97. The van der Waals surface area contributed by atoms with Gasteiger partial charge in [-0.05, 0) is 40.8 Å². The van der Waals surface area contributed by atoms with Crippen LogP contribution in [-0.2, 0) is 0 Å². The SMILES string of the molecule is [B]c1c([B])c([B])c2c(oc3c(N(c4ccc(-c5ccccc5)cc4)c4cccc5c4oc4c6ccccc6ccc54)c([B])c([B])c([B])c32)c1[B]. The minimum absolute atomic E-state index is 0.114. The molecule has 9 rings (SSSR count). The number of anilines is 3. The van der Waals surface area contributed by atoms with E-state index in [9.17, 15) is 0 Å². The first-order valence-electron chi connectivity index (χ1n) is 16.0. The Morgan fingerprint density at radius 2 is 0.960 bits per heavy atom. The smallest absolute Gasteiger partial charge is 0.159 e. The van der Waals surface area contributed by atoms with Crippen LogP contribution in [0.4, 0.5) is 17.1 Å². The summed E-state index contributed by atoms with van der Waals surface area (Å²) >= 11 is 0. The molecule has 0 amide bonds. The molecule has 0 saturated carbocycles. The summed E-state index contributed by atoms with van der Waals surface area (Å²) in [5.74, 6) is 0. The topological polar surface area (TPSA) is 29.5 Å². The Labute approximate surface area is 297 Å². The monoisotopic (exact) mass is 621 g/mol. The number of hydrogen-bond acceptors (Lipinski definition) is 3. The lowest BCUT2D eigenvalue weighted by atomic mass is 9.64. The molecule has 0 N–H and O–H groups in total. The van der Waals surface area contributed by atoms with Crippen LogP contribution in [-0.4, -0.2) is 54.9 Å². The maximum atomic E-state index is 6.95. The average Bonchev–Trinajstić information content (AvgIpc) is 3.75. The molecule has 0 unspecified atom stereocenters. The lowest BCUT2D eigenvalue weighted by Crippen LogP contribution is -2.48. The summed E-state index contributed by atoms with van der Waals surface area (Å²) in [6.45, 7) is 0. The van der Waals surface area contributed by atoms with Gasteiger partial charge in [0.15, 0.2) is 11.2 Å². The van der Waals surface area contributed by atoms with E-state index in [-0.39, 0.29) is 43.8 Å². The third-order valence-corrected chi connectivity index (χ3v) is 9.68. The van der Waals surface area contributed by atoms with Crippen LogP contribution in [0.3, 0.4) is 0 Å². The predicted molar refractivity (Wildman–Crippen MR) is 216 cm³/mol. The van der Waals surface area contributed by atoms with Crippen molar-refractivity contribution in [1.82, 2.24) is 0 Å². The third kappa shape index (κ3) is 4.34. The molecule has 2 aromatic heterocycles. The molecular formula is C40H18B7NO2. The van der Waals surface area contributed by atoms with E-state index < -0.39 is 0 Å². The van der Waals surface area contributed by atoms with Gasteiger partial charge in [0.05, 0.1) is 11.4 Å². The molecule has 0 aliphatic carbocycles. The minimum atomic E-state index is 0.114. The molecule has 3 nitrogen and oxygen atoms in total. The number of para-hydroxylation sites is 1. The number of nitrogens with zero attached hydrogens (tertiary/aromatic N) is 1. The summed E-state index contributed by atoms with van der Waals surface area (Å²) in [5, 5.41) is 4.80. The van der Waals surface area contributed by atoms with Crippen LogP contribution in [0.1, 0.15) is 0 Å². The zero-order chi connectivity index (χ0) is 34.4. The number of benzene rings is 7. The van der Waals surface area contributed by atoms with Gasteiger partial charge in [-0.1, -0.05) is 107 Å². The van der Waals surface area contributed by atoms with Gasteiger partial charge in [-0.3, -0.25) is 0 Å². The van der Waals surface area contributed by atoms with Crippen molar-refractivity contribution in [2.45, 2.75) is 0 Å². The summed E-state index contributed by atoms with van der Waals surface area (Å²) in [4.78, 5) is 1.97. The Morgan fingerprint density at radius 1 is 0.380 bits per heavy atom. The molecule has 0 aliphatic heterocycles. The highest BCUT2D eigenvalue weighted by Gasteiger charge is 2.28. The largest absolute Gasteiger partial charge is 0.455 e. The quantitative estimate of drug-likeness (QED) is 0.283. The highest BCUT2D eigenvalue weighted by atomic mass is 16.3. The van der Waals surface area contributed by atoms with Crippen LogP contribution < -0.4 is 43.1 Å². The molecule has 216 valence electrons. The molecule has 2 heterocycles. The van der Waals surface area contributed by atoms with Gasteiger partial charge in [0.2, 0.25) is 0 Å². The Hall–Kier alpha value is -5.35. The molecule has 0 atom stereocenters. The molecule has 0 fully saturated rings. The lowest BCUT2D eigenvalue weighted by molar-refractivity contribution is 0.670. The molecule has 0 aliphatic rings. The first kappa shape index (κ1) is 30.7. The van der Waals surface area contributed by atoms with Gasteiger partial charge in [0, 0.05) is 32.6 Å². The van der Waals surface area contributed by atoms with E-state index >= 15 is 0 Å². The van der Waals surface area contributed by atoms with E-state index in [4.69, 9.17) is 63.8 Å². The second-order valence-electron chi connectivity index (χ2n) is 12.4. The Balaban J connectivity index is 1.41. The number of hydrogen-bond donors (Lipinski definition) is 0. The van der Waals surface area contributed by atoms with E-state index in [1.54, 1.807) is 0 Å². The van der Waals surface area contributed by atoms with Crippen molar-refractivity contribution >= 4 is 165 Å².